The van der Waals surface area contributed by atoms with Crippen molar-refractivity contribution in [3.63, 3.8) is 0 Å². The Hall–Kier alpha value is -0.760. The molecule has 0 amide bonds. The molecule has 112 valence electrons. The van der Waals surface area contributed by atoms with E-state index in [1.54, 1.807) is 4.90 Å². The number of halogens is 3. The minimum atomic E-state index is -4.43. The van der Waals surface area contributed by atoms with Gasteiger partial charge in [0.1, 0.15) is 0 Å². The minimum Gasteiger partial charge on any atom is -0.302 e. The van der Waals surface area contributed by atoms with E-state index in [4.69, 9.17) is 5.26 Å². The first-order chi connectivity index (χ1) is 8.66. The predicted molar refractivity (Wildman–Crippen MR) is 70.5 cm³/mol. The standard InChI is InChI=1S/C14H25F3N2/c1-11(2)5-7-19(8-6-12(3)4)10-13(9-18)14(15,16)17/h11-13H,5-8,10H2,1-4H3. The molecule has 2 nitrogen and oxygen atoms in total. The summed E-state index contributed by atoms with van der Waals surface area (Å²) in [6, 6.07) is 1.38. The Morgan fingerprint density at radius 2 is 1.42 bits per heavy atom. The quantitative estimate of drug-likeness (QED) is 0.669. The van der Waals surface area contributed by atoms with Crippen LogP contribution < -0.4 is 0 Å². The second-order valence-electron chi connectivity index (χ2n) is 5.89. The lowest BCUT2D eigenvalue weighted by atomic mass is 10.1. The smallest absolute Gasteiger partial charge is 0.302 e. The number of alkyl halides is 3. The van der Waals surface area contributed by atoms with E-state index in [2.05, 4.69) is 0 Å². The van der Waals surface area contributed by atoms with E-state index < -0.39 is 12.1 Å². The van der Waals surface area contributed by atoms with Crippen LogP contribution in [0.1, 0.15) is 40.5 Å². The molecule has 0 rings (SSSR count). The SMILES string of the molecule is CC(C)CCN(CCC(C)C)CC(C#N)C(F)(F)F. The Bertz CT molecular complexity index is 267. The molecular formula is C14H25F3N2. The third-order valence-corrected chi connectivity index (χ3v) is 3.04. The summed E-state index contributed by atoms with van der Waals surface area (Å²) in [7, 11) is 0. The normalized spacial score (nSPS) is 14.2. The van der Waals surface area contributed by atoms with Gasteiger partial charge in [0.25, 0.3) is 0 Å². The van der Waals surface area contributed by atoms with Gasteiger partial charge in [0.15, 0.2) is 5.92 Å². The van der Waals surface area contributed by atoms with Crippen molar-refractivity contribution in [3.8, 4) is 6.07 Å². The minimum absolute atomic E-state index is 0.209. The van der Waals surface area contributed by atoms with Crippen molar-refractivity contribution in [2.75, 3.05) is 19.6 Å². The molecule has 0 aliphatic heterocycles. The maximum atomic E-state index is 12.6. The third kappa shape index (κ3) is 8.88. The van der Waals surface area contributed by atoms with Crippen LogP contribution in [-0.4, -0.2) is 30.7 Å². The van der Waals surface area contributed by atoms with Crippen molar-refractivity contribution in [1.29, 1.82) is 5.26 Å². The van der Waals surface area contributed by atoms with Crippen molar-refractivity contribution < 1.29 is 13.2 Å². The van der Waals surface area contributed by atoms with Gasteiger partial charge in [-0.15, -0.1) is 0 Å². The second kappa shape index (κ2) is 8.42. The van der Waals surface area contributed by atoms with E-state index in [0.717, 1.165) is 12.8 Å². The lowest BCUT2D eigenvalue weighted by Gasteiger charge is -2.27. The van der Waals surface area contributed by atoms with E-state index in [9.17, 15) is 13.2 Å². The molecule has 19 heavy (non-hydrogen) atoms. The molecule has 0 saturated carbocycles. The number of hydrogen-bond donors (Lipinski definition) is 0. The Morgan fingerprint density at radius 1 is 1.00 bits per heavy atom. The Kier molecular flexibility index (Phi) is 8.08. The zero-order valence-electron chi connectivity index (χ0n) is 12.3. The molecule has 0 bridgehead atoms. The van der Waals surface area contributed by atoms with Gasteiger partial charge in [-0.05, 0) is 37.8 Å². The van der Waals surface area contributed by atoms with Crippen molar-refractivity contribution in [3.05, 3.63) is 0 Å². The molecular weight excluding hydrogens is 253 g/mol. The Labute approximate surface area is 114 Å². The number of nitriles is 1. The Morgan fingerprint density at radius 3 is 1.68 bits per heavy atom. The predicted octanol–water partition coefficient (Wildman–Crippen LogP) is 4.08. The zero-order valence-corrected chi connectivity index (χ0v) is 12.3. The van der Waals surface area contributed by atoms with Gasteiger partial charge in [0.2, 0.25) is 0 Å². The van der Waals surface area contributed by atoms with Crippen LogP contribution in [0.3, 0.4) is 0 Å². The van der Waals surface area contributed by atoms with Crippen molar-refractivity contribution in [2.24, 2.45) is 17.8 Å². The molecule has 0 saturated heterocycles. The summed E-state index contributed by atoms with van der Waals surface area (Å²) < 4.78 is 37.9. The van der Waals surface area contributed by atoms with Crippen LogP contribution in [0.15, 0.2) is 0 Å². The molecule has 0 aromatic heterocycles. The fourth-order valence-electron chi connectivity index (χ4n) is 1.65. The van der Waals surface area contributed by atoms with Crippen LogP contribution in [0.4, 0.5) is 13.2 Å². The topological polar surface area (TPSA) is 27.0 Å². The van der Waals surface area contributed by atoms with Gasteiger partial charge in [0.05, 0.1) is 6.07 Å². The molecule has 1 unspecified atom stereocenters. The summed E-state index contributed by atoms with van der Waals surface area (Å²) in [5, 5.41) is 8.67. The Balaban J connectivity index is 4.50. The summed E-state index contributed by atoms with van der Waals surface area (Å²) in [6.45, 7) is 9.23. The average Bonchev–Trinajstić information content (AvgIpc) is 2.25. The lowest BCUT2D eigenvalue weighted by Crippen LogP contribution is -2.37. The van der Waals surface area contributed by atoms with Gasteiger partial charge in [-0.2, -0.15) is 18.4 Å². The molecule has 5 heteroatoms. The van der Waals surface area contributed by atoms with Crippen LogP contribution in [0.25, 0.3) is 0 Å². The highest BCUT2D eigenvalue weighted by atomic mass is 19.4. The molecule has 0 spiro atoms. The first-order valence-electron chi connectivity index (χ1n) is 6.85. The van der Waals surface area contributed by atoms with Crippen LogP contribution in [0, 0.1) is 29.1 Å². The van der Waals surface area contributed by atoms with Gasteiger partial charge in [0, 0.05) is 6.54 Å². The zero-order chi connectivity index (χ0) is 15.1. The molecule has 0 fully saturated rings. The van der Waals surface area contributed by atoms with Crippen LogP contribution >= 0.6 is 0 Å². The number of hydrogen-bond acceptors (Lipinski definition) is 2. The largest absolute Gasteiger partial charge is 0.405 e. The summed E-state index contributed by atoms with van der Waals surface area (Å²) in [4.78, 5) is 1.78. The van der Waals surface area contributed by atoms with Gasteiger partial charge in [-0.25, -0.2) is 0 Å². The van der Waals surface area contributed by atoms with Crippen LogP contribution in [0.5, 0.6) is 0 Å². The summed E-state index contributed by atoms with van der Waals surface area (Å²) in [6.07, 6.45) is -2.72. The van der Waals surface area contributed by atoms with E-state index in [1.165, 1.54) is 6.07 Å². The van der Waals surface area contributed by atoms with Gasteiger partial charge < -0.3 is 4.90 Å². The molecule has 0 N–H and O–H groups in total. The van der Waals surface area contributed by atoms with E-state index in [0.29, 0.717) is 24.9 Å². The average molecular weight is 278 g/mol. The van der Waals surface area contributed by atoms with E-state index in [1.807, 2.05) is 27.7 Å². The van der Waals surface area contributed by atoms with Crippen LogP contribution in [-0.2, 0) is 0 Å². The van der Waals surface area contributed by atoms with Crippen molar-refractivity contribution >= 4 is 0 Å². The summed E-state index contributed by atoms with van der Waals surface area (Å²) in [5.41, 5.74) is 0. The summed E-state index contributed by atoms with van der Waals surface area (Å²) in [5.74, 6) is -0.979. The fraction of sp³-hybridized carbons (Fsp3) is 0.929. The van der Waals surface area contributed by atoms with Gasteiger partial charge in [-0.3, -0.25) is 0 Å². The fourth-order valence-corrected chi connectivity index (χ4v) is 1.65. The maximum Gasteiger partial charge on any atom is 0.405 e. The maximum absolute atomic E-state index is 12.6. The van der Waals surface area contributed by atoms with E-state index >= 15 is 0 Å². The van der Waals surface area contributed by atoms with E-state index in [-0.39, 0.29) is 6.54 Å². The number of rotatable bonds is 8. The van der Waals surface area contributed by atoms with Gasteiger partial charge in [-0.1, -0.05) is 27.7 Å². The lowest BCUT2D eigenvalue weighted by molar-refractivity contribution is -0.163. The highest BCUT2D eigenvalue weighted by molar-refractivity contribution is 4.90. The summed E-state index contributed by atoms with van der Waals surface area (Å²) >= 11 is 0. The van der Waals surface area contributed by atoms with Crippen LogP contribution in [0.2, 0.25) is 0 Å². The monoisotopic (exact) mass is 278 g/mol. The van der Waals surface area contributed by atoms with Gasteiger partial charge >= 0.3 is 6.18 Å². The first kappa shape index (κ1) is 18.2. The molecule has 0 aliphatic rings. The molecule has 0 radical (unpaired) electrons. The molecule has 0 heterocycles. The molecule has 1 atom stereocenters. The molecule has 0 aliphatic carbocycles. The third-order valence-electron chi connectivity index (χ3n) is 3.04. The second-order valence-corrected chi connectivity index (χ2v) is 5.89. The van der Waals surface area contributed by atoms with Crippen molar-refractivity contribution in [2.45, 2.75) is 46.7 Å². The highest BCUT2D eigenvalue weighted by Gasteiger charge is 2.40. The van der Waals surface area contributed by atoms with Crippen molar-refractivity contribution in [1.82, 2.24) is 4.90 Å². The molecule has 0 aromatic rings. The molecule has 0 aromatic carbocycles. The number of nitrogens with zero attached hydrogens (tertiary/aromatic N) is 2. The highest BCUT2D eigenvalue weighted by Crippen LogP contribution is 2.26. The first-order valence-corrected chi connectivity index (χ1v) is 6.85.